The molecule has 0 bridgehead atoms. The standard InChI is InChI=1S/C28H26N4O3/c1-19-24(29-20(2)33)13-9-14-25(19)30-27(34)17-16-21-18-32(22-10-5-4-6-11-22)31-28(21)23-12-7-8-15-26(23)35-3/h4-18H,1-3H3,(H,29,33)(H,30,34)/b17-16+. The largest absolute Gasteiger partial charge is 0.496 e. The number of carbonyl (C=O) groups is 2. The van der Waals surface area contributed by atoms with Gasteiger partial charge < -0.3 is 15.4 Å². The van der Waals surface area contributed by atoms with Gasteiger partial charge in [0, 0.05) is 41.7 Å². The predicted molar refractivity (Wildman–Crippen MR) is 139 cm³/mol. The zero-order valence-corrected chi connectivity index (χ0v) is 19.8. The molecule has 0 saturated carbocycles. The van der Waals surface area contributed by atoms with Crippen molar-refractivity contribution in [3.05, 3.63) is 96.2 Å². The van der Waals surface area contributed by atoms with E-state index in [0.717, 1.165) is 22.4 Å². The van der Waals surface area contributed by atoms with Gasteiger partial charge in [-0.2, -0.15) is 5.10 Å². The first kappa shape index (κ1) is 23.5. The molecular formula is C28H26N4O3. The van der Waals surface area contributed by atoms with E-state index in [1.54, 1.807) is 36.1 Å². The molecule has 0 fully saturated rings. The van der Waals surface area contributed by atoms with Crippen LogP contribution >= 0.6 is 0 Å². The molecule has 0 atom stereocenters. The van der Waals surface area contributed by atoms with Gasteiger partial charge in [0.05, 0.1) is 12.8 Å². The molecule has 7 heteroatoms. The number of anilines is 2. The molecule has 0 spiro atoms. The lowest BCUT2D eigenvalue weighted by molar-refractivity contribution is -0.114. The van der Waals surface area contributed by atoms with Gasteiger partial charge in [-0.3, -0.25) is 9.59 Å². The number of nitrogens with zero attached hydrogens (tertiary/aromatic N) is 2. The number of carbonyl (C=O) groups excluding carboxylic acids is 2. The van der Waals surface area contributed by atoms with E-state index in [1.165, 1.54) is 13.0 Å². The number of nitrogens with one attached hydrogen (secondary N) is 2. The molecule has 0 aliphatic rings. The molecule has 1 heterocycles. The number of amides is 2. The number of rotatable bonds is 7. The molecular weight excluding hydrogens is 440 g/mol. The fourth-order valence-corrected chi connectivity index (χ4v) is 3.71. The van der Waals surface area contributed by atoms with Crippen LogP contribution in [0.1, 0.15) is 18.1 Å². The van der Waals surface area contributed by atoms with Crippen LogP contribution in [0.2, 0.25) is 0 Å². The minimum atomic E-state index is -0.300. The summed E-state index contributed by atoms with van der Waals surface area (Å²) in [5.74, 6) is 0.220. The summed E-state index contributed by atoms with van der Waals surface area (Å²) >= 11 is 0. The van der Waals surface area contributed by atoms with Crippen molar-refractivity contribution < 1.29 is 14.3 Å². The van der Waals surface area contributed by atoms with Crippen LogP contribution < -0.4 is 15.4 Å². The Morgan fingerprint density at radius 2 is 1.60 bits per heavy atom. The molecule has 1 aromatic heterocycles. The molecule has 0 aliphatic carbocycles. The molecule has 4 aromatic rings. The van der Waals surface area contributed by atoms with Crippen LogP contribution in [-0.2, 0) is 9.59 Å². The average Bonchev–Trinajstić information content (AvgIpc) is 3.29. The Morgan fingerprint density at radius 3 is 2.31 bits per heavy atom. The molecule has 176 valence electrons. The summed E-state index contributed by atoms with van der Waals surface area (Å²) in [6.45, 7) is 3.29. The Labute approximate surface area is 204 Å². The summed E-state index contributed by atoms with van der Waals surface area (Å²) in [5, 5.41) is 10.4. The monoisotopic (exact) mass is 466 g/mol. The van der Waals surface area contributed by atoms with Crippen molar-refractivity contribution in [3.63, 3.8) is 0 Å². The lowest BCUT2D eigenvalue weighted by Crippen LogP contribution is -2.12. The molecule has 2 amide bonds. The van der Waals surface area contributed by atoms with E-state index in [1.807, 2.05) is 67.7 Å². The maximum absolute atomic E-state index is 12.8. The van der Waals surface area contributed by atoms with Gasteiger partial charge >= 0.3 is 0 Å². The number of benzene rings is 3. The summed E-state index contributed by atoms with van der Waals surface area (Å²) in [4.78, 5) is 24.2. The van der Waals surface area contributed by atoms with Gasteiger partial charge in [-0.25, -0.2) is 4.68 Å². The van der Waals surface area contributed by atoms with Gasteiger partial charge in [-0.15, -0.1) is 0 Å². The van der Waals surface area contributed by atoms with Crippen LogP contribution in [0.15, 0.2) is 85.1 Å². The summed E-state index contributed by atoms with van der Waals surface area (Å²) in [5.41, 5.74) is 5.23. The van der Waals surface area contributed by atoms with Crippen LogP contribution in [0.4, 0.5) is 11.4 Å². The smallest absolute Gasteiger partial charge is 0.248 e. The number of hydrogen-bond acceptors (Lipinski definition) is 4. The van der Waals surface area contributed by atoms with Crippen molar-refractivity contribution in [1.29, 1.82) is 0 Å². The quantitative estimate of drug-likeness (QED) is 0.354. The van der Waals surface area contributed by atoms with Gasteiger partial charge in [0.15, 0.2) is 0 Å². The van der Waals surface area contributed by atoms with Crippen LogP contribution in [0.5, 0.6) is 5.75 Å². The van der Waals surface area contributed by atoms with E-state index in [-0.39, 0.29) is 11.8 Å². The first-order valence-corrected chi connectivity index (χ1v) is 11.1. The molecule has 0 radical (unpaired) electrons. The first-order chi connectivity index (χ1) is 17.0. The molecule has 3 aromatic carbocycles. The SMILES string of the molecule is COc1ccccc1-c1nn(-c2ccccc2)cc1/C=C/C(=O)Nc1cccc(NC(C)=O)c1C. The van der Waals surface area contributed by atoms with E-state index in [2.05, 4.69) is 10.6 Å². The molecule has 0 unspecified atom stereocenters. The number of aromatic nitrogens is 2. The molecule has 2 N–H and O–H groups in total. The van der Waals surface area contributed by atoms with Crippen molar-refractivity contribution in [2.45, 2.75) is 13.8 Å². The average molecular weight is 467 g/mol. The third-order valence-corrected chi connectivity index (χ3v) is 5.44. The predicted octanol–water partition coefficient (Wildman–Crippen LogP) is 5.47. The highest BCUT2D eigenvalue weighted by Crippen LogP contribution is 2.32. The number of hydrogen-bond donors (Lipinski definition) is 2. The zero-order chi connectivity index (χ0) is 24.8. The summed E-state index contributed by atoms with van der Waals surface area (Å²) in [7, 11) is 1.62. The van der Waals surface area contributed by atoms with Crippen molar-refractivity contribution in [2.75, 3.05) is 17.7 Å². The maximum Gasteiger partial charge on any atom is 0.248 e. The Morgan fingerprint density at radius 1 is 0.914 bits per heavy atom. The minimum absolute atomic E-state index is 0.171. The second kappa shape index (κ2) is 10.5. The summed E-state index contributed by atoms with van der Waals surface area (Å²) in [6.07, 6.45) is 5.08. The fraction of sp³-hybridized carbons (Fsp3) is 0.107. The number of para-hydroxylation sites is 2. The van der Waals surface area contributed by atoms with Crippen LogP contribution in [-0.4, -0.2) is 28.7 Å². The van der Waals surface area contributed by atoms with E-state index in [0.29, 0.717) is 22.8 Å². The number of ether oxygens (including phenoxy) is 1. The topological polar surface area (TPSA) is 85.2 Å². The lowest BCUT2D eigenvalue weighted by atomic mass is 10.1. The second-order valence-electron chi connectivity index (χ2n) is 7.90. The maximum atomic E-state index is 12.8. The van der Waals surface area contributed by atoms with Gasteiger partial charge in [0.2, 0.25) is 11.8 Å². The van der Waals surface area contributed by atoms with Crippen molar-refractivity contribution >= 4 is 29.3 Å². The molecule has 0 saturated heterocycles. The van der Waals surface area contributed by atoms with Gasteiger partial charge in [0.1, 0.15) is 11.4 Å². The van der Waals surface area contributed by atoms with Crippen molar-refractivity contribution in [1.82, 2.24) is 9.78 Å². The van der Waals surface area contributed by atoms with E-state index in [4.69, 9.17) is 9.84 Å². The highest BCUT2D eigenvalue weighted by atomic mass is 16.5. The van der Waals surface area contributed by atoms with Gasteiger partial charge in [0.25, 0.3) is 0 Å². The highest BCUT2D eigenvalue weighted by Gasteiger charge is 2.15. The molecule has 4 rings (SSSR count). The third-order valence-electron chi connectivity index (χ3n) is 5.44. The summed E-state index contributed by atoms with van der Waals surface area (Å²) < 4.78 is 7.32. The van der Waals surface area contributed by atoms with E-state index < -0.39 is 0 Å². The van der Waals surface area contributed by atoms with Crippen molar-refractivity contribution in [3.8, 4) is 22.7 Å². The Balaban J connectivity index is 1.65. The Hall–Kier alpha value is -4.65. The first-order valence-electron chi connectivity index (χ1n) is 11.1. The normalized spacial score (nSPS) is 10.8. The van der Waals surface area contributed by atoms with E-state index >= 15 is 0 Å². The molecule has 7 nitrogen and oxygen atoms in total. The second-order valence-corrected chi connectivity index (χ2v) is 7.90. The summed E-state index contributed by atoms with van der Waals surface area (Å²) in [6, 6.07) is 22.8. The lowest BCUT2D eigenvalue weighted by Gasteiger charge is -2.11. The van der Waals surface area contributed by atoms with Crippen LogP contribution in [0.3, 0.4) is 0 Å². The molecule has 0 aliphatic heterocycles. The minimum Gasteiger partial charge on any atom is -0.496 e. The Bertz CT molecular complexity index is 1390. The Kier molecular flexibility index (Phi) is 7.07. The van der Waals surface area contributed by atoms with Crippen molar-refractivity contribution in [2.24, 2.45) is 0 Å². The third kappa shape index (κ3) is 5.47. The van der Waals surface area contributed by atoms with Crippen LogP contribution in [0, 0.1) is 6.92 Å². The fourth-order valence-electron chi connectivity index (χ4n) is 3.71. The molecule has 35 heavy (non-hydrogen) atoms. The highest BCUT2D eigenvalue weighted by molar-refractivity contribution is 6.03. The van der Waals surface area contributed by atoms with Crippen LogP contribution in [0.25, 0.3) is 23.0 Å². The van der Waals surface area contributed by atoms with Gasteiger partial charge in [-0.1, -0.05) is 36.4 Å². The van der Waals surface area contributed by atoms with Gasteiger partial charge in [-0.05, 0) is 55.0 Å². The zero-order valence-electron chi connectivity index (χ0n) is 19.8. The van der Waals surface area contributed by atoms with E-state index in [9.17, 15) is 9.59 Å². The number of methoxy groups -OCH3 is 1.